The van der Waals surface area contributed by atoms with E-state index in [0.717, 1.165) is 6.92 Å². The summed E-state index contributed by atoms with van der Waals surface area (Å²) in [5, 5.41) is 8.35. The predicted molar refractivity (Wildman–Crippen MR) is 25.8 cm³/mol. The number of hydrogen-bond donors (Lipinski definition) is 2. The number of carbonyl (C=O) groups is 1. The van der Waals surface area contributed by atoms with Gasteiger partial charge in [-0.2, -0.15) is 0 Å². The van der Waals surface area contributed by atoms with E-state index >= 15 is 0 Å². The maximum absolute atomic E-state index is 11.8. The number of alkyl halides is 1. The maximum atomic E-state index is 11.8. The summed E-state index contributed by atoms with van der Waals surface area (Å²) in [6, 6.07) is 0. The number of primary amides is 1. The molecule has 0 saturated carbocycles. The fourth-order valence-electron chi connectivity index (χ4n) is 0.226. The molecule has 0 aliphatic carbocycles. The van der Waals surface area contributed by atoms with Crippen LogP contribution in [0.2, 0.25) is 0 Å². The summed E-state index contributed by atoms with van der Waals surface area (Å²) in [5.41, 5.74) is 4.51. The topological polar surface area (TPSA) is 63.3 Å². The maximum Gasteiger partial charge on any atom is 0.249 e. The zero-order valence-electron chi connectivity index (χ0n) is 4.47. The number of carbonyl (C=O) groups excluding carboxylic acids is 1. The average Bonchev–Trinajstić information content (AvgIpc) is 1.64. The summed E-state index contributed by atoms with van der Waals surface area (Å²) in [6.45, 7) is 1.06. The Balaban J connectivity index is 3.64. The lowest BCUT2D eigenvalue weighted by Gasteiger charge is -2.04. The van der Waals surface area contributed by atoms with Crippen LogP contribution in [-0.2, 0) is 4.79 Å². The minimum atomic E-state index is -1.66. The highest BCUT2D eigenvalue weighted by Gasteiger charge is 2.17. The smallest absolute Gasteiger partial charge is 0.249 e. The summed E-state index contributed by atoms with van der Waals surface area (Å²) in [5.74, 6) is -1.03. The van der Waals surface area contributed by atoms with Crippen molar-refractivity contribution in [2.75, 3.05) is 0 Å². The summed E-state index contributed by atoms with van der Waals surface area (Å²) in [6.07, 6.45) is -3.23. The molecule has 0 heterocycles. The molecule has 0 saturated heterocycles. The van der Waals surface area contributed by atoms with E-state index in [2.05, 4.69) is 5.73 Å². The van der Waals surface area contributed by atoms with Crippen LogP contribution in [0.3, 0.4) is 0 Å². The molecule has 1 amide bonds. The molecule has 8 heavy (non-hydrogen) atoms. The van der Waals surface area contributed by atoms with E-state index in [1.165, 1.54) is 0 Å². The fourth-order valence-corrected chi connectivity index (χ4v) is 0.226. The van der Waals surface area contributed by atoms with Crippen LogP contribution in [0.5, 0.6) is 0 Å². The third kappa shape index (κ3) is 1.88. The van der Waals surface area contributed by atoms with Gasteiger partial charge in [0.15, 0.2) is 6.10 Å². The van der Waals surface area contributed by atoms with Gasteiger partial charge in [-0.3, -0.25) is 4.79 Å². The quantitative estimate of drug-likeness (QED) is 0.502. The second kappa shape index (κ2) is 2.61. The van der Waals surface area contributed by atoms with Crippen molar-refractivity contribution in [2.24, 2.45) is 5.73 Å². The molecule has 0 aliphatic rings. The first-order valence-electron chi connectivity index (χ1n) is 2.17. The SMILES string of the molecule is CC(F)C(O)C(N)=O. The van der Waals surface area contributed by atoms with Crippen molar-refractivity contribution in [3.63, 3.8) is 0 Å². The minimum absolute atomic E-state index is 1.03. The molecule has 0 aliphatic heterocycles. The van der Waals surface area contributed by atoms with Gasteiger partial charge in [-0.15, -0.1) is 0 Å². The fraction of sp³-hybridized carbons (Fsp3) is 0.750. The lowest BCUT2D eigenvalue weighted by atomic mass is 10.2. The van der Waals surface area contributed by atoms with Crippen molar-refractivity contribution in [1.29, 1.82) is 0 Å². The molecule has 0 radical (unpaired) electrons. The molecule has 0 spiro atoms. The number of rotatable bonds is 2. The van der Waals surface area contributed by atoms with Crippen molar-refractivity contribution in [3.05, 3.63) is 0 Å². The number of aliphatic hydroxyl groups is 1. The first-order valence-corrected chi connectivity index (χ1v) is 2.17. The van der Waals surface area contributed by atoms with Crippen LogP contribution in [-0.4, -0.2) is 23.3 Å². The van der Waals surface area contributed by atoms with Gasteiger partial charge >= 0.3 is 0 Å². The van der Waals surface area contributed by atoms with Gasteiger partial charge in [-0.1, -0.05) is 0 Å². The number of nitrogens with two attached hydrogens (primary N) is 1. The van der Waals surface area contributed by atoms with Gasteiger partial charge in [0.25, 0.3) is 0 Å². The van der Waals surface area contributed by atoms with Crippen LogP contribution < -0.4 is 5.73 Å². The lowest BCUT2D eigenvalue weighted by Crippen LogP contribution is -2.34. The van der Waals surface area contributed by atoms with Gasteiger partial charge in [-0.05, 0) is 6.92 Å². The van der Waals surface area contributed by atoms with E-state index in [1.54, 1.807) is 0 Å². The second-order valence-corrected chi connectivity index (χ2v) is 1.52. The van der Waals surface area contributed by atoms with Crippen molar-refractivity contribution < 1.29 is 14.3 Å². The molecular weight excluding hydrogens is 113 g/mol. The van der Waals surface area contributed by atoms with Gasteiger partial charge in [0.2, 0.25) is 5.91 Å². The Labute approximate surface area is 46.3 Å². The Morgan fingerprint density at radius 2 is 2.25 bits per heavy atom. The van der Waals surface area contributed by atoms with E-state index in [0.29, 0.717) is 0 Å². The predicted octanol–water partition coefficient (Wildman–Crippen LogP) is -0.809. The summed E-state index contributed by atoms with van der Waals surface area (Å²) in [7, 11) is 0. The zero-order valence-corrected chi connectivity index (χ0v) is 4.47. The van der Waals surface area contributed by atoms with Gasteiger partial charge in [0.1, 0.15) is 6.17 Å². The molecule has 4 heteroatoms. The lowest BCUT2D eigenvalue weighted by molar-refractivity contribution is -0.128. The van der Waals surface area contributed by atoms with Crippen LogP contribution in [0.15, 0.2) is 0 Å². The third-order valence-corrected chi connectivity index (χ3v) is 0.727. The number of amides is 1. The molecule has 0 aromatic carbocycles. The largest absolute Gasteiger partial charge is 0.380 e. The van der Waals surface area contributed by atoms with Crippen LogP contribution in [0.25, 0.3) is 0 Å². The Morgan fingerprint density at radius 3 is 2.25 bits per heavy atom. The van der Waals surface area contributed by atoms with Crippen LogP contribution >= 0.6 is 0 Å². The number of halogens is 1. The van der Waals surface area contributed by atoms with Crippen molar-refractivity contribution in [3.8, 4) is 0 Å². The van der Waals surface area contributed by atoms with Crippen LogP contribution in [0.1, 0.15) is 6.92 Å². The Morgan fingerprint density at radius 1 is 1.88 bits per heavy atom. The molecule has 2 unspecified atom stereocenters. The first kappa shape index (κ1) is 7.36. The van der Waals surface area contributed by atoms with E-state index < -0.39 is 18.2 Å². The van der Waals surface area contributed by atoms with Gasteiger partial charge < -0.3 is 10.8 Å². The molecule has 3 nitrogen and oxygen atoms in total. The van der Waals surface area contributed by atoms with E-state index in [-0.39, 0.29) is 0 Å². The zero-order chi connectivity index (χ0) is 6.73. The first-order chi connectivity index (χ1) is 3.55. The van der Waals surface area contributed by atoms with E-state index in [4.69, 9.17) is 5.11 Å². The molecule has 3 N–H and O–H groups in total. The van der Waals surface area contributed by atoms with Gasteiger partial charge in [-0.25, -0.2) is 4.39 Å². The highest BCUT2D eigenvalue weighted by Crippen LogP contribution is 1.94. The Bertz CT molecular complexity index is 94.0. The highest BCUT2D eigenvalue weighted by atomic mass is 19.1. The molecular formula is C4H8FNO2. The Kier molecular flexibility index (Phi) is 2.41. The summed E-state index contributed by atoms with van der Waals surface area (Å²) >= 11 is 0. The molecule has 0 aromatic rings. The van der Waals surface area contributed by atoms with Gasteiger partial charge in [0.05, 0.1) is 0 Å². The minimum Gasteiger partial charge on any atom is -0.380 e. The normalized spacial score (nSPS) is 17.4. The molecule has 48 valence electrons. The number of hydrogen-bond acceptors (Lipinski definition) is 2. The standard InChI is InChI=1S/C4H8FNO2/c1-2(5)3(7)4(6)8/h2-3,7H,1H3,(H2,6,8). The molecule has 0 aromatic heterocycles. The highest BCUT2D eigenvalue weighted by molar-refractivity contribution is 5.79. The summed E-state index contributed by atoms with van der Waals surface area (Å²) < 4.78 is 11.8. The molecule has 0 fully saturated rings. The second-order valence-electron chi connectivity index (χ2n) is 1.52. The van der Waals surface area contributed by atoms with Gasteiger partial charge in [0, 0.05) is 0 Å². The monoisotopic (exact) mass is 121 g/mol. The third-order valence-electron chi connectivity index (χ3n) is 0.727. The van der Waals surface area contributed by atoms with Crippen molar-refractivity contribution >= 4 is 5.91 Å². The van der Waals surface area contributed by atoms with E-state index in [9.17, 15) is 9.18 Å². The van der Waals surface area contributed by atoms with Crippen LogP contribution in [0.4, 0.5) is 4.39 Å². The van der Waals surface area contributed by atoms with E-state index in [1.807, 2.05) is 0 Å². The molecule has 0 bridgehead atoms. The average molecular weight is 121 g/mol. The van der Waals surface area contributed by atoms with Crippen molar-refractivity contribution in [2.45, 2.75) is 19.2 Å². The Hall–Kier alpha value is -0.640. The number of aliphatic hydroxyl groups excluding tert-OH is 1. The molecule has 0 rings (SSSR count). The summed E-state index contributed by atoms with van der Waals surface area (Å²) in [4.78, 5) is 9.87. The molecule has 2 atom stereocenters. The van der Waals surface area contributed by atoms with Crippen molar-refractivity contribution in [1.82, 2.24) is 0 Å². The van der Waals surface area contributed by atoms with Crippen LogP contribution in [0, 0.1) is 0 Å².